The maximum Gasteiger partial charge on any atom is 0.251 e. The van der Waals surface area contributed by atoms with E-state index in [1.807, 2.05) is 0 Å². The zero-order chi connectivity index (χ0) is 13.3. The Hall–Kier alpha value is -0.770. The number of nitrogens with one attached hydrogen (secondary N) is 1. The van der Waals surface area contributed by atoms with Gasteiger partial charge in [0.05, 0.1) is 12.7 Å². The van der Waals surface area contributed by atoms with Gasteiger partial charge < -0.3 is 35.2 Å². The van der Waals surface area contributed by atoms with E-state index < -0.39 is 42.7 Å². The fourth-order valence-corrected chi connectivity index (χ4v) is 1.98. The van der Waals surface area contributed by atoms with Gasteiger partial charge >= 0.3 is 0 Å². The second-order valence-corrected chi connectivity index (χ2v) is 4.45. The third-order valence-electron chi connectivity index (χ3n) is 3.11. The normalized spacial score (nSPS) is 45.7. The topological polar surface area (TPSA) is 128 Å². The van der Waals surface area contributed by atoms with Crippen molar-refractivity contribution < 1.29 is 34.7 Å². The Morgan fingerprint density at radius 1 is 1.22 bits per heavy atom. The lowest BCUT2D eigenvalue weighted by Crippen LogP contribution is -2.57. The minimum atomic E-state index is -1.43. The van der Waals surface area contributed by atoms with E-state index in [-0.39, 0.29) is 6.61 Å². The third-order valence-corrected chi connectivity index (χ3v) is 3.11. The van der Waals surface area contributed by atoms with Crippen LogP contribution in [-0.4, -0.2) is 76.3 Å². The molecule has 0 aromatic rings. The van der Waals surface area contributed by atoms with E-state index in [1.54, 1.807) is 0 Å². The monoisotopic (exact) mass is 263 g/mol. The zero-order valence-corrected chi connectivity index (χ0v) is 9.60. The molecule has 8 nitrogen and oxygen atoms in total. The Kier molecular flexibility index (Phi) is 4.15. The van der Waals surface area contributed by atoms with Crippen LogP contribution in [0.1, 0.15) is 6.42 Å². The van der Waals surface area contributed by atoms with Crippen molar-refractivity contribution >= 4 is 5.91 Å². The Bertz CT molecular complexity index is 313. The number of piperidine rings is 1. The van der Waals surface area contributed by atoms with Crippen molar-refractivity contribution in [2.45, 2.75) is 43.2 Å². The molecule has 2 aliphatic rings. The van der Waals surface area contributed by atoms with Crippen molar-refractivity contribution in [1.29, 1.82) is 0 Å². The Morgan fingerprint density at radius 3 is 2.67 bits per heavy atom. The van der Waals surface area contributed by atoms with Crippen LogP contribution in [0.5, 0.6) is 0 Å². The highest BCUT2D eigenvalue weighted by atomic mass is 16.7. The van der Waals surface area contributed by atoms with Crippen LogP contribution in [0.3, 0.4) is 0 Å². The van der Waals surface area contributed by atoms with E-state index in [1.165, 1.54) is 0 Å². The number of hydrogen-bond donors (Lipinski definition) is 5. The summed E-state index contributed by atoms with van der Waals surface area (Å²) in [4.78, 5) is 11.2. The molecular formula is C10H17NO7. The number of rotatable bonds is 2. The summed E-state index contributed by atoms with van der Waals surface area (Å²) in [6, 6.07) is 0. The number of carbonyl (C=O) groups excluding carboxylic acids is 1. The SMILES string of the molecule is O=C1NCC[C@@H](O[C@@H]2OC[C@@H](O)C(O)C2O)C1O. The van der Waals surface area contributed by atoms with Crippen molar-refractivity contribution in [1.82, 2.24) is 5.32 Å². The van der Waals surface area contributed by atoms with Gasteiger partial charge in [-0.1, -0.05) is 0 Å². The molecule has 2 heterocycles. The number of carbonyl (C=O) groups is 1. The van der Waals surface area contributed by atoms with Gasteiger partial charge in [-0.15, -0.1) is 0 Å². The first-order valence-electron chi connectivity index (χ1n) is 5.77. The van der Waals surface area contributed by atoms with Crippen LogP contribution in [0.2, 0.25) is 0 Å². The first kappa shape index (κ1) is 13.7. The molecular weight excluding hydrogens is 246 g/mol. The molecule has 2 rings (SSSR count). The second kappa shape index (κ2) is 5.47. The van der Waals surface area contributed by atoms with Gasteiger partial charge in [0, 0.05) is 6.54 Å². The molecule has 3 unspecified atom stereocenters. The quantitative estimate of drug-likeness (QED) is 0.353. The lowest BCUT2D eigenvalue weighted by Gasteiger charge is -2.38. The van der Waals surface area contributed by atoms with Gasteiger partial charge in [-0.3, -0.25) is 4.79 Å². The van der Waals surface area contributed by atoms with Crippen LogP contribution in [0.25, 0.3) is 0 Å². The molecule has 0 aromatic carbocycles. The van der Waals surface area contributed by atoms with Gasteiger partial charge in [0.2, 0.25) is 0 Å². The summed E-state index contributed by atoms with van der Waals surface area (Å²) >= 11 is 0. The van der Waals surface area contributed by atoms with Crippen LogP contribution in [-0.2, 0) is 14.3 Å². The zero-order valence-electron chi connectivity index (χ0n) is 9.60. The molecule has 2 fully saturated rings. The second-order valence-electron chi connectivity index (χ2n) is 4.45. The average Bonchev–Trinajstić information content (AvgIpc) is 2.35. The largest absolute Gasteiger partial charge is 0.388 e. The lowest BCUT2D eigenvalue weighted by molar-refractivity contribution is -0.290. The summed E-state index contributed by atoms with van der Waals surface area (Å²) in [6.07, 6.45) is -6.92. The molecule has 0 bridgehead atoms. The van der Waals surface area contributed by atoms with Crippen molar-refractivity contribution in [2.24, 2.45) is 0 Å². The molecule has 2 saturated heterocycles. The summed E-state index contributed by atoms with van der Waals surface area (Å²) < 4.78 is 10.3. The average molecular weight is 263 g/mol. The molecule has 0 radical (unpaired) electrons. The maximum absolute atomic E-state index is 11.2. The third kappa shape index (κ3) is 2.63. The Balaban J connectivity index is 1.94. The molecule has 5 N–H and O–H groups in total. The molecule has 1 amide bonds. The van der Waals surface area contributed by atoms with Crippen LogP contribution in [0.4, 0.5) is 0 Å². The lowest BCUT2D eigenvalue weighted by atomic mass is 10.0. The number of amides is 1. The number of aliphatic hydroxyl groups excluding tert-OH is 4. The highest BCUT2D eigenvalue weighted by Crippen LogP contribution is 2.21. The van der Waals surface area contributed by atoms with E-state index in [0.717, 1.165) is 0 Å². The maximum atomic E-state index is 11.2. The Labute approximate surface area is 103 Å². The highest BCUT2D eigenvalue weighted by Gasteiger charge is 2.41. The first-order chi connectivity index (χ1) is 8.50. The minimum absolute atomic E-state index is 0.183. The molecule has 104 valence electrons. The molecule has 2 aliphatic heterocycles. The van der Waals surface area contributed by atoms with Gasteiger partial charge in [-0.25, -0.2) is 0 Å². The molecule has 8 heteroatoms. The molecule has 6 atom stereocenters. The van der Waals surface area contributed by atoms with Crippen molar-refractivity contribution in [2.75, 3.05) is 13.2 Å². The van der Waals surface area contributed by atoms with E-state index in [0.29, 0.717) is 13.0 Å². The van der Waals surface area contributed by atoms with E-state index in [4.69, 9.17) is 9.47 Å². The fourth-order valence-electron chi connectivity index (χ4n) is 1.98. The predicted molar refractivity (Wildman–Crippen MR) is 56.3 cm³/mol. The van der Waals surface area contributed by atoms with Gasteiger partial charge in [-0.2, -0.15) is 0 Å². The summed E-state index contributed by atoms with van der Waals surface area (Å²) in [5, 5.41) is 40.4. The van der Waals surface area contributed by atoms with Crippen molar-refractivity contribution in [3.63, 3.8) is 0 Å². The summed E-state index contributed by atoms with van der Waals surface area (Å²) in [5.41, 5.74) is 0. The van der Waals surface area contributed by atoms with Crippen LogP contribution < -0.4 is 5.32 Å². The van der Waals surface area contributed by atoms with E-state index in [9.17, 15) is 25.2 Å². The molecule has 0 saturated carbocycles. The van der Waals surface area contributed by atoms with Crippen LogP contribution in [0, 0.1) is 0 Å². The first-order valence-corrected chi connectivity index (χ1v) is 5.77. The van der Waals surface area contributed by atoms with Gasteiger partial charge in [0.25, 0.3) is 5.91 Å². The van der Waals surface area contributed by atoms with Gasteiger partial charge in [0.1, 0.15) is 18.3 Å². The molecule has 0 spiro atoms. The minimum Gasteiger partial charge on any atom is -0.388 e. The van der Waals surface area contributed by atoms with Crippen molar-refractivity contribution in [3.8, 4) is 0 Å². The number of hydrogen-bond acceptors (Lipinski definition) is 7. The summed E-state index contributed by atoms with van der Waals surface area (Å²) in [6.45, 7) is 0.173. The molecule has 0 aliphatic carbocycles. The van der Waals surface area contributed by atoms with E-state index in [2.05, 4.69) is 5.32 Å². The summed E-state index contributed by atoms with van der Waals surface area (Å²) in [5.74, 6) is -0.544. The van der Waals surface area contributed by atoms with E-state index >= 15 is 0 Å². The smallest absolute Gasteiger partial charge is 0.251 e. The molecule has 0 aromatic heterocycles. The van der Waals surface area contributed by atoms with Crippen molar-refractivity contribution in [3.05, 3.63) is 0 Å². The predicted octanol–water partition coefficient (Wildman–Crippen LogP) is -3.31. The summed E-state index contributed by atoms with van der Waals surface area (Å²) in [7, 11) is 0. The number of ether oxygens (including phenoxy) is 2. The number of aliphatic hydroxyl groups is 4. The molecule has 18 heavy (non-hydrogen) atoms. The van der Waals surface area contributed by atoms with Crippen LogP contribution in [0.15, 0.2) is 0 Å². The highest BCUT2D eigenvalue weighted by molar-refractivity contribution is 5.81. The Morgan fingerprint density at radius 2 is 1.94 bits per heavy atom. The van der Waals surface area contributed by atoms with Gasteiger partial charge in [-0.05, 0) is 6.42 Å². The fraction of sp³-hybridized carbons (Fsp3) is 0.900. The standard InChI is InChI=1S/C10H17NO7/c12-4-3-17-10(8(15)6(4)13)18-5-1-2-11-9(16)7(5)14/h4-8,10,12-15H,1-3H2,(H,11,16)/t4-,5-,6?,7?,8?,10+/m1/s1. The van der Waals surface area contributed by atoms with Crippen LogP contribution >= 0.6 is 0 Å². The van der Waals surface area contributed by atoms with Gasteiger partial charge in [0.15, 0.2) is 12.4 Å².